The van der Waals surface area contributed by atoms with E-state index < -0.39 is 0 Å². The fourth-order valence-corrected chi connectivity index (χ4v) is 3.33. The highest BCUT2D eigenvalue weighted by Gasteiger charge is 2.15. The van der Waals surface area contributed by atoms with E-state index in [0.29, 0.717) is 6.54 Å². The number of likely N-dealkylation sites (N-methyl/N-ethyl adjacent to an activating group) is 1. The van der Waals surface area contributed by atoms with Gasteiger partial charge in [-0.25, -0.2) is 0 Å². The van der Waals surface area contributed by atoms with Crippen LogP contribution in [-0.2, 0) is 11.3 Å². The van der Waals surface area contributed by atoms with Crippen molar-refractivity contribution in [1.29, 1.82) is 0 Å². The molecular formula is C17H23N2OS+. The van der Waals surface area contributed by atoms with Gasteiger partial charge in [0.1, 0.15) is 6.54 Å². The summed E-state index contributed by atoms with van der Waals surface area (Å²) in [6.45, 7) is 5.54. The minimum absolute atomic E-state index is 0.0509. The van der Waals surface area contributed by atoms with Gasteiger partial charge in [0.25, 0.3) is 5.91 Å². The molecule has 4 heteroatoms. The van der Waals surface area contributed by atoms with Gasteiger partial charge in [0.05, 0.1) is 18.0 Å². The SMILES string of the molecule is Cc1ccsc1C[NH+](C)CC(=O)N[C@@H](C)c1ccccc1. The van der Waals surface area contributed by atoms with E-state index >= 15 is 0 Å². The molecule has 0 saturated carbocycles. The number of amides is 1. The number of rotatable bonds is 6. The van der Waals surface area contributed by atoms with Crippen LogP contribution in [-0.4, -0.2) is 19.5 Å². The number of quaternary nitrogens is 1. The van der Waals surface area contributed by atoms with E-state index in [1.165, 1.54) is 15.3 Å². The fraction of sp³-hybridized carbons (Fsp3) is 0.353. The Labute approximate surface area is 130 Å². The molecular weight excluding hydrogens is 280 g/mol. The van der Waals surface area contributed by atoms with E-state index in [1.54, 1.807) is 11.3 Å². The van der Waals surface area contributed by atoms with Crippen LogP contribution in [0.1, 0.15) is 29.0 Å². The number of carbonyl (C=O) groups is 1. The largest absolute Gasteiger partial charge is 0.345 e. The maximum atomic E-state index is 12.1. The molecule has 0 radical (unpaired) electrons. The first-order chi connectivity index (χ1) is 10.1. The highest BCUT2D eigenvalue weighted by Crippen LogP contribution is 2.13. The van der Waals surface area contributed by atoms with Crippen molar-refractivity contribution in [3.8, 4) is 0 Å². The molecule has 1 unspecified atom stereocenters. The highest BCUT2D eigenvalue weighted by atomic mass is 32.1. The van der Waals surface area contributed by atoms with Gasteiger partial charge in [0, 0.05) is 0 Å². The van der Waals surface area contributed by atoms with E-state index in [2.05, 4.69) is 30.7 Å². The third-order valence-corrected chi connectivity index (χ3v) is 4.59. The van der Waals surface area contributed by atoms with Crippen LogP contribution < -0.4 is 10.2 Å². The van der Waals surface area contributed by atoms with Crippen LogP contribution in [0.25, 0.3) is 0 Å². The summed E-state index contributed by atoms with van der Waals surface area (Å²) in [6.07, 6.45) is 0. The molecule has 1 amide bonds. The number of hydrogen-bond donors (Lipinski definition) is 2. The van der Waals surface area contributed by atoms with Crippen molar-refractivity contribution in [2.75, 3.05) is 13.6 Å². The lowest BCUT2D eigenvalue weighted by Crippen LogP contribution is -3.08. The summed E-state index contributed by atoms with van der Waals surface area (Å²) in [5.41, 5.74) is 2.45. The van der Waals surface area contributed by atoms with Crippen LogP contribution in [0.5, 0.6) is 0 Å². The van der Waals surface area contributed by atoms with Crippen LogP contribution >= 0.6 is 11.3 Å². The molecule has 1 aromatic heterocycles. The molecule has 1 aromatic carbocycles. The van der Waals surface area contributed by atoms with Gasteiger partial charge in [0.2, 0.25) is 0 Å². The zero-order chi connectivity index (χ0) is 15.2. The predicted molar refractivity (Wildman–Crippen MR) is 87.5 cm³/mol. The van der Waals surface area contributed by atoms with Gasteiger partial charge in [0.15, 0.2) is 6.54 Å². The molecule has 0 fully saturated rings. The number of nitrogens with one attached hydrogen (secondary N) is 2. The van der Waals surface area contributed by atoms with Gasteiger partial charge < -0.3 is 10.2 Å². The topological polar surface area (TPSA) is 33.5 Å². The van der Waals surface area contributed by atoms with Crippen molar-refractivity contribution < 1.29 is 9.69 Å². The Morgan fingerprint density at radius 3 is 2.62 bits per heavy atom. The fourth-order valence-electron chi connectivity index (χ4n) is 2.31. The maximum Gasteiger partial charge on any atom is 0.275 e. The number of carbonyl (C=O) groups excluding carboxylic acids is 1. The first kappa shape index (κ1) is 15.7. The summed E-state index contributed by atoms with van der Waals surface area (Å²) < 4.78 is 0. The van der Waals surface area contributed by atoms with Crippen LogP contribution in [0.2, 0.25) is 0 Å². The second-order valence-electron chi connectivity index (χ2n) is 5.54. The lowest BCUT2D eigenvalue weighted by atomic mass is 10.1. The average molecular weight is 303 g/mol. The van der Waals surface area contributed by atoms with Crippen LogP contribution in [0.15, 0.2) is 41.8 Å². The first-order valence-electron chi connectivity index (χ1n) is 7.25. The third-order valence-electron chi connectivity index (χ3n) is 3.57. The van der Waals surface area contributed by atoms with Gasteiger partial charge >= 0.3 is 0 Å². The number of hydrogen-bond acceptors (Lipinski definition) is 2. The summed E-state index contributed by atoms with van der Waals surface area (Å²) in [5, 5.41) is 5.17. The second kappa shape index (κ2) is 7.38. The van der Waals surface area contributed by atoms with Crippen molar-refractivity contribution in [2.45, 2.75) is 26.4 Å². The third kappa shape index (κ3) is 4.69. The van der Waals surface area contributed by atoms with E-state index in [-0.39, 0.29) is 11.9 Å². The maximum absolute atomic E-state index is 12.1. The van der Waals surface area contributed by atoms with Gasteiger partial charge in [-0.3, -0.25) is 4.79 Å². The van der Waals surface area contributed by atoms with E-state index in [4.69, 9.17) is 0 Å². The predicted octanol–water partition coefficient (Wildman–Crippen LogP) is 1.95. The highest BCUT2D eigenvalue weighted by molar-refractivity contribution is 7.10. The number of thiophene rings is 1. The van der Waals surface area contributed by atoms with Crippen LogP contribution in [0.3, 0.4) is 0 Å². The first-order valence-corrected chi connectivity index (χ1v) is 8.13. The summed E-state index contributed by atoms with van der Waals surface area (Å²) in [5.74, 6) is 0.0954. The Balaban J connectivity index is 1.83. The van der Waals surface area contributed by atoms with Gasteiger partial charge in [-0.05, 0) is 36.4 Å². The molecule has 0 aliphatic rings. The molecule has 2 atom stereocenters. The van der Waals surface area contributed by atoms with Crippen molar-refractivity contribution in [3.05, 3.63) is 57.8 Å². The molecule has 0 bridgehead atoms. The lowest BCUT2D eigenvalue weighted by Gasteiger charge is -2.17. The molecule has 2 rings (SSSR count). The zero-order valence-corrected chi connectivity index (χ0v) is 13.7. The van der Waals surface area contributed by atoms with Crippen molar-refractivity contribution in [2.24, 2.45) is 0 Å². The normalized spacial score (nSPS) is 13.7. The molecule has 0 saturated heterocycles. The molecule has 0 aliphatic carbocycles. The minimum Gasteiger partial charge on any atom is -0.345 e. The standard InChI is InChI=1S/C17H22N2OS/c1-13-9-10-21-16(13)11-19(3)12-17(20)18-14(2)15-7-5-4-6-8-15/h4-10,14H,11-12H2,1-3H3,(H,18,20)/p+1/t14-/m0/s1. The molecule has 3 nitrogen and oxygen atoms in total. The van der Waals surface area contributed by atoms with E-state index in [1.807, 2.05) is 37.3 Å². The van der Waals surface area contributed by atoms with Gasteiger partial charge in [-0.2, -0.15) is 0 Å². The lowest BCUT2D eigenvalue weighted by molar-refractivity contribution is -0.885. The molecule has 112 valence electrons. The average Bonchev–Trinajstić information content (AvgIpc) is 2.84. The van der Waals surface area contributed by atoms with Crippen LogP contribution in [0.4, 0.5) is 0 Å². The summed E-state index contributed by atoms with van der Waals surface area (Å²) >= 11 is 1.76. The summed E-state index contributed by atoms with van der Waals surface area (Å²) in [6, 6.07) is 12.2. The molecule has 2 N–H and O–H groups in total. The quantitative estimate of drug-likeness (QED) is 0.840. The van der Waals surface area contributed by atoms with Crippen molar-refractivity contribution >= 4 is 17.2 Å². The Kier molecular flexibility index (Phi) is 5.53. The molecule has 0 aliphatic heterocycles. The van der Waals surface area contributed by atoms with Crippen LogP contribution in [0, 0.1) is 6.92 Å². The molecule has 0 spiro atoms. The van der Waals surface area contributed by atoms with Crippen molar-refractivity contribution in [3.63, 3.8) is 0 Å². The van der Waals surface area contributed by atoms with Gasteiger partial charge in [-0.15, -0.1) is 11.3 Å². The second-order valence-corrected chi connectivity index (χ2v) is 6.54. The molecule has 2 aromatic rings. The molecule has 21 heavy (non-hydrogen) atoms. The minimum atomic E-state index is 0.0509. The Bertz CT molecular complexity index is 579. The molecule has 1 heterocycles. The van der Waals surface area contributed by atoms with Gasteiger partial charge in [-0.1, -0.05) is 30.3 Å². The van der Waals surface area contributed by atoms with Crippen molar-refractivity contribution in [1.82, 2.24) is 5.32 Å². The monoisotopic (exact) mass is 303 g/mol. The Morgan fingerprint density at radius 1 is 1.29 bits per heavy atom. The Morgan fingerprint density at radius 2 is 2.00 bits per heavy atom. The zero-order valence-electron chi connectivity index (χ0n) is 12.8. The number of benzene rings is 1. The van der Waals surface area contributed by atoms with E-state index in [9.17, 15) is 4.79 Å². The number of aryl methyl sites for hydroxylation is 1. The summed E-state index contributed by atoms with van der Waals surface area (Å²) in [7, 11) is 2.06. The summed E-state index contributed by atoms with van der Waals surface area (Å²) in [4.78, 5) is 14.7. The smallest absolute Gasteiger partial charge is 0.275 e. The Hall–Kier alpha value is -1.65. The van der Waals surface area contributed by atoms with E-state index in [0.717, 1.165) is 12.1 Å².